The number of carbonyl (C=O) groups excluding carboxylic acids is 2. The largest absolute Gasteiger partial charge is 0.360 e. The Morgan fingerprint density at radius 1 is 1.25 bits per heavy atom. The number of benzene rings is 1. The second kappa shape index (κ2) is 8.19. The molecule has 146 valence electrons. The summed E-state index contributed by atoms with van der Waals surface area (Å²) in [5.74, 6) is 1.15. The van der Waals surface area contributed by atoms with Crippen molar-refractivity contribution in [3.8, 4) is 0 Å². The summed E-state index contributed by atoms with van der Waals surface area (Å²) in [6.45, 7) is 2.11. The molecular weight excluding hydrogens is 378 g/mol. The minimum absolute atomic E-state index is 0.0364. The molecule has 0 saturated carbocycles. The molecular formula is C21H22ClN3O3. The second-order valence-corrected chi connectivity index (χ2v) is 7.69. The van der Waals surface area contributed by atoms with Crippen LogP contribution in [0.2, 0.25) is 5.15 Å². The van der Waals surface area contributed by atoms with E-state index < -0.39 is 0 Å². The number of aromatic nitrogens is 1. The van der Waals surface area contributed by atoms with E-state index in [0.717, 1.165) is 12.0 Å². The highest BCUT2D eigenvalue weighted by Crippen LogP contribution is 2.33. The zero-order valence-corrected chi connectivity index (χ0v) is 16.2. The molecule has 0 spiro atoms. The fraction of sp³-hybridized carbons (Fsp3) is 0.381. The molecule has 1 aromatic carbocycles. The summed E-state index contributed by atoms with van der Waals surface area (Å²) < 4.78 is 5.04. The first-order valence-corrected chi connectivity index (χ1v) is 9.90. The number of rotatable bonds is 5. The van der Waals surface area contributed by atoms with Gasteiger partial charge < -0.3 is 14.3 Å². The van der Waals surface area contributed by atoms with E-state index in [1.807, 2.05) is 46.2 Å². The Kier molecular flexibility index (Phi) is 5.48. The molecule has 0 bridgehead atoms. The van der Waals surface area contributed by atoms with Gasteiger partial charge in [0.05, 0.1) is 0 Å². The van der Waals surface area contributed by atoms with Gasteiger partial charge in [-0.3, -0.25) is 9.59 Å². The van der Waals surface area contributed by atoms with Crippen LogP contribution in [-0.4, -0.2) is 52.4 Å². The van der Waals surface area contributed by atoms with E-state index in [2.05, 4.69) is 5.16 Å². The van der Waals surface area contributed by atoms with Crippen LogP contribution in [0.5, 0.6) is 0 Å². The number of hydrogen-bond donors (Lipinski definition) is 0. The molecule has 7 heteroatoms. The van der Waals surface area contributed by atoms with E-state index in [1.54, 1.807) is 12.1 Å². The first kappa shape index (κ1) is 18.7. The van der Waals surface area contributed by atoms with Crippen LogP contribution in [0.3, 0.4) is 0 Å². The van der Waals surface area contributed by atoms with Crippen LogP contribution >= 0.6 is 11.6 Å². The Bertz CT molecular complexity index is 880. The highest BCUT2D eigenvalue weighted by molar-refractivity contribution is 6.29. The molecule has 2 saturated heterocycles. The monoisotopic (exact) mass is 399 g/mol. The van der Waals surface area contributed by atoms with Gasteiger partial charge in [0.1, 0.15) is 5.76 Å². The van der Waals surface area contributed by atoms with Gasteiger partial charge in [-0.1, -0.05) is 47.1 Å². The van der Waals surface area contributed by atoms with E-state index >= 15 is 0 Å². The summed E-state index contributed by atoms with van der Waals surface area (Å²) in [7, 11) is 0. The van der Waals surface area contributed by atoms with Crippen molar-refractivity contribution in [3.05, 3.63) is 59.0 Å². The predicted molar refractivity (Wildman–Crippen MR) is 105 cm³/mol. The van der Waals surface area contributed by atoms with Crippen molar-refractivity contribution >= 4 is 29.5 Å². The minimum atomic E-state index is 0.0364. The van der Waals surface area contributed by atoms with Gasteiger partial charge in [-0.2, -0.15) is 0 Å². The topological polar surface area (TPSA) is 66.7 Å². The molecule has 6 nitrogen and oxygen atoms in total. The van der Waals surface area contributed by atoms with Crippen molar-refractivity contribution in [2.24, 2.45) is 5.92 Å². The molecule has 2 aromatic rings. The van der Waals surface area contributed by atoms with Gasteiger partial charge >= 0.3 is 0 Å². The van der Waals surface area contributed by atoms with Crippen molar-refractivity contribution in [2.75, 3.05) is 19.6 Å². The van der Waals surface area contributed by atoms with Gasteiger partial charge in [0, 0.05) is 56.6 Å². The van der Waals surface area contributed by atoms with Crippen molar-refractivity contribution in [1.82, 2.24) is 15.0 Å². The van der Waals surface area contributed by atoms with E-state index in [9.17, 15) is 9.59 Å². The number of aryl methyl sites for hydroxylation is 1. The Morgan fingerprint density at radius 3 is 2.79 bits per heavy atom. The van der Waals surface area contributed by atoms with Gasteiger partial charge in [0.2, 0.25) is 11.8 Å². The number of piperidine rings is 1. The van der Waals surface area contributed by atoms with E-state index in [4.69, 9.17) is 16.1 Å². The SMILES string of the molecule is O=C(/C=C/c1ccccc1)N1CC[C@H]2[C@@H](C1)CN2C(=O)CCc1cc(Cl)no1. The van der Waals surface area contributed by atoms with E-state index in [0.29, 0.717) is 49.3 Å². The molecule has 0 N–H and O–H groups in total. The maximum absolute atomic E-state index is 12.5. The summed E-state index contributed by atoms with van der Waals surface area (Å²) >= 11 is 5.73. The van der Waals surface area contributed by atoms with Crippen molar-refractivity contribution < 1.29 is 14.1 Å². The minimum Gasteiger partial charge on any atom is -0.360 e. The molecule has 2 atom stereocenters. The maximum atomic E-state index is 12.5. The third kappa shape index (κ3) is 4.12. The molecule has 0 aliphatic carbocycles. The zero-order chi connectivity index (χ0) is 19.5. The lowest BCUT2D eigenvalue weighted by Crippen LogP contribution is -2.65. The lowest BCUT2D eigenvalue weighted by atomic mass is 9.82. The first-order chi connectivity index (χ1) is 13.6. The average Bonchev–Trinajstić information content (AvgIpc) is 3.11. The average molecular weight is 400 g/mol. The van der Waals surface area contributed by atoms with Crippen molar-refractivity contribution in [2.45, 2.75) is 25.3 Å². The van der Waals surface area contributed by atoms with Crippen molar-refractivity contribution in [1.29, 1.82) is 0 Å². The Hall–Kier alpha value is -2.60. The van der Waals surface area contributed by atoms with Gasteiger partial charge in [0.15, 0.2) is 5.15 Å². The van der Waals surface area contributed by atoms with Gasteiger partial charge in [0.25, 0.3) is 0 Å². The van der Waals surface area contributed by atoms with Gasteiger partial charge in [-0.15, -0.1) is 0 Å². The highest BCUT2D eigenvalue weighted by Gasteiger charge is 2.45. The fourth-order valence-corrected chi connectivity index (χ4v) is 4.12. The summed E-state index contributed by atoms with van der Waals surface area (Å²) in [5.41, 5.74) is 1.01. The van der Waals surface area contributed by atoms with Crippen LogP contribution in [0.4, 0.5) is 0 Å². The Morgan fingerprint density at radius 2 is 2.07 bits per heavy atom. The van der Waals surface area contributed by atoms with Crippen LogP contribution in [0, 0.1) is 5.92 Å². The maximum Gasteiger partial charge on any atom is 0.246 e. The summed E-state index contributed by atoms with van der Waals surface area (Å²) in [6, 6.07) is 11.7. The molecule has 0 radical (unpaired) electrons. The molecule has 2 amide bonds. The standard InChI is InChI=1S/C21H22ClN3O3/c22-19-12-17(28-23-19)7-9-21(27)25-14-16-13-24(11-10-18(16)25)20(26)8-6-15-4-2-1-3-5-15/h1-6,8,12,16,18H,7,9-11,13-14H2/b8-6+/t16-,18-/m0/s1. The number of nitrogens with zero attached hydrogens (tertiary/aromatic N) is 3. The van der Waals surface area contributed by atoms with Crippen LogP contribution in [0.15, 0.2) is 47.0 Å². The molecule has 1 aromatic heterocycles. The normalized spacial score (nSPS) is 21.5. The van der Waals surface area contributed by atoms with Crippen LogP contribution < -0.4 is 0 Å². The number of fused-ring (bicyclic) bond motifs is 1. The van der Waals surface area contributed by atoms with E-state index in [-0.39, 0.29) is 17.9 Å². The smallest absolute Gasteiger partial charge is 0.246 e. The van der Waals surface area contributed by atoms with Crippen molar-refractivity contribution in [3.63, 3.8) is 0 Å². The number of likely N-dealkylation sites (tertiary alicyclic amines) is 2. The lowest BCUT2D eigenvalue weighted by Gasteiger charge is -2.53. The molecule has 28 heavy (non-hydrogen) atoms. The summed E-state index contributed by atoms with van der Waals surface area (Å²) in [5, 5.41) is 3.93. The molecule has 2 aliphatic heterocycles. The van der Waals surface area contributed by atoms with Gasteiger partial charge in [-0.25, -0.2) is 0 Å². The van der Waals surface area contributed by atoms with Crippen LogP contribution in [0.25, 0.3) is 6.08 Å². The van der Waals surface area contributed by atoms with Crippen LogP contribution in [-0.2, 0) is 16.0 Å². The fourth-order valence-electron chi connectivity index (χ4n) is 3.96. The summed E-state index contributed by atoms with van der Waals surface area (Å²) in [4.78, 5) is 28.8. The molecule has 4 rings (SSSR count). The number of halogens is 1. The van der Waals surface area contributed by atoms with Gasteiger partial charge in [-0.05, 0) is 18.1 Å². The lowest BCUT2D eigenvalue weighted by molar-refractivity contribution is -0.150. The zero-order valence-electron chi connectivity index (χ0n) is 15.5. The Labute approximate surface area is 168 Å². The van der Waals surface area contributed by atoms with Crippen LogP contribution in [0.1, 0.15) is 24.2 Å². The predicted octanol–water partition coefficient (Wildman–Crippen LogP) is 3.03. The number of amides is 2. The Balaban J connectivity index is 1.25. The quantitative estimate of drug-likeness (QED) is 0.725. The first-order valence-electron chi connectivity index (χ1n) is 9.53. The second-order valence-electron chi connectivity index (χ2n) is 7.31. The molecule has 2 fully saturated rings. The molecule has 2 aliphatic rings. The number of carbonyl (C=O) groups is 2. The third-order valence-corrected chi connectivity index (χ3v) is 5.67. The third-order valence-electron chi connectivity index (χ3n) is 5.49. The summed E-state index contributed by atoms with van der Waals surface area (Å²) in [6.07, 6.45) is 5.20. The number of hydrogen-bond acceptors (Lipinski definition) is 4. The molecule has 3 heterocycles. The highest BCUT2D eigenvalue weighted by atomic mass is 35.5. The van der Waals surface area contributed by atoms with E-state index in [1.165, 1.54) is 0 Å². The molecule has 0 unspecified atom stereocenters.